The maximum Gasteiger partial charge on any atom is 0.230 e. The zero-order chi connectivity index (χ0) is 16.4. The Morgan fingerprint density at radius 2 is 2.22 bits per heavy atom. The average molecular weight is 392 g/mol. The number of hydrogen-bond acceptors (Lipinski definition) is 5. The Morgan fingerprint density at radius 3 is 2.91 bits per heavy atom. The molecule has 0 aliphatic carbocycles. The molecule has 0 unspecified atom stereocenters. The topological polar surface area (TPSA) is 68.0 Å². The quantitative estimate of drug-likeness (QED) is 0.717. The van der Waals surface area contributed by atoms with Crippen molar-refractivity contribution < 1.29 is 9.32 Å². The van der Waals surface area contributed by atoms with Gasteiger partial charge >= 0.3 is 0 Å². The monoisotopic (exact) mass is 391 g/mol. The third-order valence-corrected chi connectivity index (χ3v) is 4.64. The summed E-state index contributed by atoms with van der Waals surface area (Å²) in [6.45, 7) is 3.63. The number of halogens is 1. The number of hydrogen-bond donors (Lipinski definition) is 1. The first kappa shape index (κ1) is 15.9. The molecule has 3 aromatic rings. The van der Waals surface area contributed by atoms with E-state index in [2.05, 4.69) is 31.4 Å². The lowest BCUT2D eigenvalue weighted by molar-refractivity contribution is -0.115. The molecule has 0 bridgehead atoms. The van der Waals surface area contributed by atoms with E-state index in [1.807, 2.05) is 36.6 Å². The highest BCUT2D eigenvalue weighted by molar-refractivity contribution is 9.10. The first-order valence-electron chi connectivity index (χ1n) is 6.96. The molecule has 0 saturated heterocycles. The second-order valence-corrected chi connectivity index (χ2v) is 6.85. The van der Waals surface area contributed by atoms with Crippen LogP contribution in [0.25, 0.3) is 11.3 Å². The molecule has 3 rings (SSSR count). The molecule has 0 atom stereocenters. The van der Waals surface area contributed by atoms with E-state index in [4.69, 9.17) is 4.52 Å². The van der Waals surface area contributed by atoms with Crippen molar-refractivity contribution >= 4 is 38.3 Å². The highest BCUT2D eigenvalue weighted by Crippen LogP contribution is 2.27. The van der Waals surface area contributed by atoms with Gasteiger partial charge in [-0.2, -0.15) is 0 Å². The third kappa shape index (κ3) is 3.68. The van der Waals surface area contributed by atoms with E-state index >= 15 is 0 Å². The lowest BCUT2D eigenvalue weighted by atomic mass is 10.1. The maximum absolute atomic E-state index is 12.2. The average Bonchev–Trinajstić information content (AvgIpc) is 3.09. The van der Waals surface area contributed by atoms with E-state index in [9.17, 15) is 4.79 Å². The van der Waals surface area contributed by atoms with Crippen molar-refractivity contribution in [3.8, 4) is 11.3 Å². The van der Waals surface area contributed by atoms with Gasteiger partial charge in [0.15, 0.2) is 5.13 Å². The minimum absolute atomic E-state index is 0.130. The fourth-order valence-electron chi connectivity index (χ4n) is 2.19. The summed E-state index contributed by atoms with van der Waals surface area (Å²) in [6.07, 6.45) is 0.229. The molecule has 2 aromatic heterocycles. The normalized spacial score (nSPS) is 10.7. The van der Waals surface area contributed by atoms with Gasteiger partial charge in [-0.05, 0) is 26.0 Å². The summed E-state index contributed by atoms with van der Waals surface area (Å²) >= 11 is 4.85. The smallest absolute Gasteiger partial charge is 0.230 e. The van der Waals surface area contributed by atoms with E-state index in [1.165, 1.54) is 11.3 Å². The predicted octanol–water partition coefficient (Wildman–Crippen LogP) is 4.36. The Hall–Kier alpha value is -1.99. The highest BCUT2D eigenvalue weighted by Gasteiger charge is 2.15. The molecule has 5 nitrogen and oxygen atoms in total. The number of aryl methyl sites for hydroxylation is 2. The molecule has 118 valence electrons. The van der Waals surface area contributed by atoms with Crippen molar-refractivity contribution in [1.82, 2.24) is 10.1 Å². The number of anilines is 1. The predicted molar refractivity (Wildman–Crippen MR) is 93.6 cm³/mol. The lowest BCUT2D eigenvalue weighted by Crippen LogP contribution is -2.15. The summed E-state index contributed by atoms with van der Waals surface area (Å²) in [5.41, 5.74) is 3.41. The van der Waals surface area contributed by atoms with Crippen molar-refractivity contribution in [2.45, 2.75) is 20.3 Å². The van der Waals surface area contributed by atoms with Gasteiger partial charge in [0.2, 0.25) is 5.91 Å². The molecule has 23 heavy (non-hydrogen) atoms. The van der Waals surface area contributed by atoms with Gasteiger partial charge < -0.3 is 9.84 Å². The number of aromatic nitrogens is 2. The van der Waals surface area contributed by atoms with Gasteiger partial charge in [-0.25, -0.2) is 4.98 Å². The van der Waals surface area contributed by atoms with Crippen LogP contribution in [0.5, 0.6) is 0 Å². The molecule has 0 radical (unpaired) electrons. The number of nitrogens with zero attached hydrogens (tertiary/aromatic N) is 2. The van der Waals surface area contributed by atoms with Crippen LogP contribution in [0.1, 0.15) is 17.0 Å². The Balaban J connectivity index is 1.70. The van der Waals surface area contributed by atoms with Crippen LogP contribution in [-0.4, -0.2) is 16.0 Å². The van der Waals surface area contributed by atoms with E-state index in [0.717, 1.165) is 27.0 Å². The van der Waals surface area contributed by atoms with E-state index in [-0.39, 0.29) is 12.3 Å². The van der Waals surface area contributed by atoms with E-state index in [0.29, 0.717) is 10.9 Å². The van der Waals surface area contributed by atoms with Gasteiger partial charge in [0.25, 0.3) is 0 Å². The number of thiazole rings is 1. The summed E-state index contributed by atoms with van der Waals surface area (Å²) in [4.78, 5) is 16.6. The molecule has 0 fully saturated rings. The Kier molecular flexibility index (Phi) is 4.58. The Bertz CT molecular complexity index is 837. The number of carbonyl (C=O) groups is 1. The first-order chi connectivity index (χ1) is 11.0. The largest absolute Gasteiger partial charge is 0.361 e. The van der Waals surface area contributed by atoms with Crippen LogP contribution in [0.4, 0.5) is 5.13 Å². The number of amides is 1. The number of carbonyl (C=O) groups excluding carboxylic acids is 1. The lowest BCUT2D eigenvalue weighted by Gasteiger charge is -2.01. The highest BCUT2D eigenvalue weighted by atomic mass is 79.9. The van der Waals surface area contributed by atoms with Gasteiger partial charge in [0, 0.05) is 21.0 Å². The van der Waals surface area contributed by atoms with E-state index < -0.39 is 0 Å². The van der Waals surface area contributed by atoms with Gasteiger partial charge in [0.05, 0.1) is 17.8 Å². The van der Waals surface area contributed by atoms with Crippen LogP contribution >= 0.6 is 27.3 Å². The van der Waals surface area contributed by atoms with Crippen molar-refractivity contribution in [2.24, 2.45) is 0 Å². The molecule has 0 aliphatic heterocycles. The second kappa shape index (κ2) is 6.64. The molecular formula is C16H14BrN3O2S. The molecule has 0 saturated carbocycles. The molecular weight excluding hydrogens is 378 g/mol. The van der Waals surface area contributed by atoms with Crippen molar-refractivity contribution in [2.75, 3.05) is 5.32 Å². The molecule has 7 heteroatoms. The summed E-state index contributed by atoms with van der Waals surface area (Å²) in [7, 11) is 0. The minimum Gasteiger partial charge on any atom is -0.361 e. The fraction of sp³-hybridized carbons (Fsp3) is 0.188. The standard InChI is InChI=1S/C16H14BrN3O2S/c1-9-13(10(2)22-20-9)7-15(21)19-16-18-14(8-23-16)11-4-3-5-12(17)6-11/h3-6,8H,7H2,1-2H3,(H,18,19,21). The molecule has 1 amide bonds. The number of benzene rings is 1. The second-order valence-electron chi connectivity index (χ2n) is 5.08. The number of rotatable bonds is 4. The van der Waals surface area contributed by atoms with Gasteiger partial charge in [0.1, 0.15) is 5.76 Å². The van der Waals surface area contributed by atoms with E-state index in [1.54, 1.807) is 6.92 Å². The SMILES string of the molecule is Cc1noc(C)c1CC(=O)Nc1nc(-c2cccc(Br)c2)cs1. The Morgan fingerprint density at radius 1 is 1.39 bits per heavy atom. The van der Waals surface area contributed by atoms with Crippen molar-refractivity contribution in [1.29, 1.82) is 0 Å². The third-order valence-electron chi connectivity index (χ3n) is 3.39. The Labute approximate surface area is 145 Å². The number of nitrogens with one attached hydrogen (secondary N) is 1. The zero-order valence-electron chi connectivity index (χ0n) is 12.6. The molecule has 1 aromatic carbocycles. The summed E-state index contributed by atoms with van der Waals surface area (Å²) in [5, 5.41) is 9.19. The molecule has 0 aliphatic rings. The van der Waals surface area contributed by atoms with Crippen LogP contribution in [-0.2, 0) is 11.2 Å². The summed E-state index contributed by atoms with van der Waals surface area (Å²) < 4.78 is 6.06. The fourth-order valence-corrected chi connectivity index (χ4v) is 3.32. The maximum atomic E-state index is 12.2. The molecule has 0 spiro atoms. The first-order valence-corrected chi connectivity index (χ1v) is 8.63. The van der Waals surface area contributed by atoms with Gasteiger partial charge in [-0.3, -0.25) is 4.79 Å². The summed E-state index contributed by atoms with van der Waals surface area (Å²) in [6, 6.07) is 7.89. The molecule has 2 heterocycles. The van der Waals surface area contributed by atoms with Crippen LogP contribution in [0.2, 0.25) is 0 Å². The van der Waals surface area contributed by atoms with Gasteiger partial charge in [-0.15, -0.1) is 11.3 Å². The van der Waals surface area contributed by atoms with Crippen LogP contribution in [0.3, 0.4) is 0 Å². The van der Waals surface area contributed by atoms with Crippen LogP contribution in [0.15, 0.2) is 38.6 Å². The molecule has 1 N–H and O–H groups in total. The van der Waals surface area contributed by atoms with Crippen LogP contribution < -0.4 is 5.32 Å². The minimum atomic E-state index is -0.130. The van der Waals surface area contributed by atoms with Gasteiger partial charge in [-0.1, -0.05) is 33.2 Å². The zero-order valence-corrected chi connectivity index (χ0v) is 15.0. The van der Waals surface area contributed by atoms with Crippen LogP contribution in [0, 0.1) is 13.8 Å². The summed E-state index contributed by atoms with van der Waals surface area (Å²) in [5.74, 6) is 0.543. The van der Waals surface area contributed by atoms with Crippen molar-refractivity contribution in [3.05, 3.63) is 51.1 Å². The van der Waals surface area contributed by atoms with Crippen molar-refractivity contribution in [3.63, 3.8) is 0 Å².